The minimum absolute atomic E-state index is 0.209. The standard InChI is InChI=1S/C44H47BrClFN4O5/c1-3-37-41(38(28-52)51(48-37)19-18-49-20-23-54-24-21-49)40-36(46)17-16-35-34(12-8-22-56-39-13-7-11-29-25-32(47)14-15-33(29)39)43(44(53)55-4-2)50(42(35)40)27-31-10-6-5-9-30(31)26-45/h5-7,9-11,13-17,25,52H,3-4,8,12,18-24,26-28H2,1-2H3. The van der Waals surface area contributed by atoms with Gasteiger partial charge >= 0.3 is 5.97 Å². The van der Waals surface area contributed by atoms with Crippen molar-refractivity contribution < 1.29 is 28.5 Å². The molecule has 1 N–H and O–H groups in total. The molecule has 0 atom stereocenters. The first kappa shape index (κ1) is 40.0. The molecule has 7 rings (SSSR count). The van der Waals surface area contributed by atoms with E-state index in [9.17, 15) is 14.3 Å². The summed E-state index contributed by atoms with van der Waals surface area (Å²) in [6.07, 6.45) is 1.70. The lowest BCUT2D eigenvalue weighted by molar-refractivity contribution is 0.0357. The minimum Gasteiger partial charge on any atom is -0.493 e. The number of aliphatic hydroxyl groups is 1. The highest BCUT2D eigenvalue weighted by Crippen LogP contribution is 2.43. The Morgan fingerprint density at radius 3 is 2.52 bits per heavy atom. The molecule has 6 aromatic rings. The van der Waals surface area contributed by atoms with Gasteiger partial charge in [0.25, 0.3) is 0 Å². The summed E-state index contributed by atoms with van der Waals surface area (Å²) >= 11 is 10.9. The Bertz CT molecular complexity index is 2340. The number of halogens is 3. The zero-order valence-electron chi connectivity index (χ0n) is 31.8. The van der Waals surface area contributed by atoms with Crippen LogP contribution in [-0.2, 0) is 47.3 Å². The molecule has 294 valence electrons. The molecule has 3 heterocycles. The Morgan fingerprint density at radius 2 is 1.77 bits per heavy atom. The fourth-order valence-electron chi connectivity index (χ4n) is 7.86. The van der Waals surface area contributed by atoms with Gasteiger partial charge in [0.15, 0.2) is 0 Å². The molecule has 1 fully saturated rings. The van der Waals surface area contributed by atoms with Crippen molar-refractivity contribution in [3.8, 4) is 16.9 Å². The molecule has 0 unspecified atom stereocenters. The summed E-state index contributed by atoms with van der Waals surface area (Å²) < 4.78 is 35.6. The Hall–Kier alpha value is -4.26. The summed E-state index contributed by atoms with van der Waals surface area (Å²) in [6, 6.07) is 22.3. The van der Waals surface area contributed by atoms with Gasteiger partial charge in [0.2, 0.25) is 0 Å². The van der Waals surface area contributed by atoms with Crippen LogP contribution in [-0.4, -0.2) is 76.4 Å². The van der Waals surface area contributed by atoms with Gasteiger partial charge in [0.1, 0.15) is 17.3 Å². The molecule has 2 aromatic heterocycles. The number of carbonyl (C=O) groups is 1. The topological polar surface area (TPSA) is 91.0 Å². The van der Waals surface area contributed by atoms with Crippen LogP contribution < -0.4 is 4.74 Å². The number of hydrogen-bond donors (Lipinski definition) is 1. The van der Waals surface area contributed by atoms with Crippen molar-refractivity contribution in [2.24, 2.45) is 0 Å². The highest BCUT2D eigenvalue weighted by atomic mass is 79.9. The third kappa shape index (κ3) is 8.24. The molecule has 0 bridgehead atoms. The lowest BCUT2D eigenvalue weighted by Gasteiger charge is -2.26. The highest BCUT2D eigenvalue weighted by Gasteiger charge is 2.30. The van der Waals surface area contributed by atoms with Crippen LogP contribution >= 0.6 is 27.5 Å². The van der Waals surface area contributed by atoms with Crippen LogP contribution in [0.4, 0.5) is 4.39 Å². The molecule has 0 radical (unpaired) electrons. The van der Waals surface area contributed by atoms with E-state index in [4.69, 9.17) is 30.9 Å². The number of carbonyl (C=O) groups excluding carboxylic acids is 1. The average Bonchev–Trinajstić information content (AvgIpc) is 3.73. The second kappa shape index (κ2) is 18.3. The van der Waals surface area contributed by atoms with Crippen molar-refractivity contribution in [2.45, 2.75) is 58.1 Å². The van der Waals surface area contributed by atoms with Crippen molar-refractivity contribution in [1.29, 1.82) is 0 Å². The lowest BCUT2D eigenvalue weighted by atomic mass is 9.97. The Kier molecular flexibility index (Phi) is 13.1. The van der Waals surface area contributed by atoms with E-state index in [1.54, 1.807) is 6.07 Å². The van der Waals surface area contributed by atoms with Crippen LogP contribution in [0, 0.1) is 5.82 Å². The number of aryl methyl sites for hydroxylation is 2. The predicted octanol–water partition coefficient (Wildman–Crippen LogP) is 8.97. The number of nitrogens with zero attached hydrogens (tertiary/aromatic N) is 4. The number of esters is 1. The third-order valence-electron chi connectivity index (χ3n) is 10.6. The zero-order chi connectivity index (χ0) is 39.2. The van der Waals surface area contributed by atoms with Gasteiger partial charge < -0.3 is 23.9 Å². The predicted molar refractivity (Wildman–Crippen MR) is 223 cm³/mol. The maximum absolute atomic E-state index is 14.2. The smallest absolute Gasteiger partial charge is 0.355 e. The summed E-state index contributed by atoms with van der Waals surface area (Å²) in [6.45, 7) is 9.05. The summed E-state index contributed by atoms with van der Waals surface area (Å²) in [5.74, 6) is -0.0492. The maximum atomic E-state index is 14.2. The average molecular weight is 846 g/mol. The Labute approximate surface area is 340 Å². The second-order valence-electron chi connectivity index (χ2n) is 13.9. The van der Waals surface area contributed by atoms with E-state index in [0.717, 1.165) is 74.8 Å². The molecule has 1 aliphatic heterocycles. The fraction of sp³-hybridized carbons (Fsp3) is 0.364. The SMILES string of the molecule is CCOC(=O)c1c(CCCOc2cccc3cc(F)ccc23)c2ccc(Cl)c(-c3c(CC)nn(CCN4CCOCC4)c3CO)c2n1Cc1ccccc1CBr. The van der Waals surface area contributed by atoms with E-state index in [1.807, 2.05) is 54.1 Å². The van der Waals surface area contributed by atoms with Gasteiger partial charge in [-0.15, -0.1) is 0 Å². The summed E-state index contributed by atoms with van der Waals surface area (Å²) in [5, 5.41) is 19.7. The van der Waals surface area contributed by atoms with Gasteiger partial charge in [0.05, 0.1) is 61.5 Å². The second-order valence-corrected chi connectivity index (χ2v) is 14.9. The van der Waals surface area contributed by atoms with Crippen LogP contribution in [0.3, 0.4) is 0 Å². The highest BCUT2D eigenvalue weighted by molar-refractivity contribution is 9.08. The van der Waals surface area contributed by atoms with Crippen LogP contribution in [0.1, 0.15) is 58.8 Å². The van der Waals surface area contributed by atoms with Crippen molar-refractivity contribution in [2.75, 3.05) is 46.1 Å². The van der Waals surface area contributed by atoms with E-state index >= 15 is 0 Å². The van der Waals surface area contributed by atoms with Crippen molar-refractivity contribution in [3.05, 3.63) is 117 Å². The van der Waals surface area contributed by atoms with Gasteiger partial charge in [0, 0.05) is 53.4 Å². The zero-order valence-corrected chi connectivity index (χ0v) is 34.2. The van der Waals surface area contributed by atoms with Crippen LogP contribution in [0.15, 0.2) is 72.8 Å². The van der Waals surface area contributed by atoms with E-state index in [0.29, 0.717) is 79.7 Å². The maximum Gasteiger partial charge on any atom is 0.355 e. The molecule has 9 nitrogen and oxygen atoms in total. The molecule has 1 aliphatic rings. The molecule has 56 heavy (non-hydrogen) atoms. The van der Waals surface area contributed by atoms with Crippen LogP contribution in [0.2, 0.25) is 5.02 Å². The van der Waals surface area contributed by atoms with E-state index in [2.05, 4.69) is 44.5 Å². The van der Waals surface area contributed by atoms with E-state index < -0.39 is 5.97 Å². The first-order valence-electron chi connectivity index (χ1n) is 19.3. The van der Waals surface area contributed by atoms with Gasteiger partial charge in [-0.05, 0) is 78.6 Å². The molecule has 0 spiro atoms. The number of morpholine rings is 1. The fourth-order valence-corrected chi connectivity index (χ4v) is 8.66. The lowest BCUT2D eigenvalue weighted by Crippen LogP contribution is -2.38. The van der Waals surface area contributed by atoms with E-state index in [1.165, 1.54) is 12.1 Å². The summed E-state index contributed by atoms with van der Waals surface area (Å²) in [4.78, 5) is 16.6. The molecule has 4 aromatic carbocycles. The quantitative estimate of drug-likeness (QED) is 0.0591. The van der Waals surface area contributed by atoms with E-state index in [-0.39, 0.29) is 19.0 Å². The number of hydrogen-bond acceptors (Lipinski definition) is 7. The van der Waals surface area contributed by atoms with Crippen molar-refractivity contribution in [1.82, 2.24) is 19.2 Å². The number of rotatable bonds is 16. The van der Waals surface area contributed by atoms with Crippen LogP contribution in [0.25, 0.3) is 32.8 Å². The number of aliphatic hydroxyl groups excluding tert-OH is 1. The molecular formula is C44H47BrClFN4O5. The molecular weight excluding hydrogens is 799 g/mol. The molecule has 0 saturated carbocycles. The largest absolute Gasteiger partial charge is 0.493 e. The third-order valence-corrected chi connectivity index (χ3v) is 11.5. The van der Waals surface area contributed by atoms with Gasteiger partial charge in [-0.25, -0.2) is 9.18 Å². The monoisotopic (exact) mass is 844 g/mol. The number of alkyl halides is 1. The van der Waals surface area contributed by atoms with Gasteiger partial charge in [-0.1, -0.05) is 76.9 Å². The normalized spacial score (nSPS) is 13.5. The van der Waals surface area contributed by atoms with Crippen LogP contribution in [0.5, 0.6) is 5.75 Å². The summed E-state index contributed by atoms with van der Waals surface area (Å²) in [5.41, 5.74) is 7.24. The van der Waals surface area contributed by atoms with Gasteiger partial charge in [-0.2, -0.15) is 5.10 Å². The first-order valence-corrected chi connectivity index (χ1v) is 20.8. The number of aromatic nitrogens is 3. The molecule has 0 amide bonds. The molecule has 12 heteroatoms. The minimum atomic E-state index is -0.423. The number of benzene rings is 4. The summed E-state index contributed by atoms with van der Waals surface area (Å²) in [7, 11) is 0. The number of ether oxygens (including phenoxy) is 3. The number of fused-ring (bicyclic) bond motifs is 2. The Morgan fingerprint density at radius 1 is 0.982 bits per heavy atom. The van der Waals surface area contributed by atoms with Crippen molar-refractivity contribution >= 4 is 55.2 Å². The van der Waals surface area contributed by atoms with Gasteiger partial charge in [-0.3, -0.25) is 9.58 Å². The molecule has 1 saturated heterocycles. The molecule has 0 aliphatic carbocycles. The van der Waals surface area contributed by atoms with Crippen molar-refractivity contribution in [3.63, 3.8) is 0 Å². The Balaban J connectivity index is 1.36. The first-order chi connectivity index (χ1) is 27.4.